The lowest BCUT2D eigenvalue weighted by Gasteiger charge is -2.17. The van der Waals surface area contributed by atoms with E-state index in [0.29, 0.717) is 0 Å². The highest BCUT2D eigenvalue weighted by atomic mass is 16.3. The number of aliphatic hydroxyl groups excluding tert-OH is 1. The van der Waals surface area contributed by atoms with Crippen molar-refractivity contribution in [1.82, 2.24) is 4.98 Å². The van der Waals surface area contributed by atoms with Gasteiger partial charge in [-0.3, -0.25) is 0 Å². The van der Waals surface area contributed by atoms with Crippen LogP contribution in [0.2, 0.25) is 0 Å². The number of pyridine rings is 1. The number of nitrogens with zero attached hydrogens (tertiary/aromatic N) is 1. The van der Waals surface area contributed by atoms with Gasteiger partial charge < -0.3 is 10.4 Å². The smallest absolute Gasteiger partial charge is 0.0733 e. The molecule has 3 aromatic carbocycles. The van der Waals surface area contributed by atoms with Crippen molar-refractivity contribution >= 4 is 33.2 Å². The summed E-state index contributed by atoms with van der Waals surface area (Å²) in [6.45, 7) is 2.00. The number of anilines is 2. The second kappa shape index (κ2) is 5.95. The number of hydrogen-bond donors (Lipinski definition) is 2. The van der Waals surface area contributed by atoms with Crippen LogP contribution in [-0.4, -0.2) is 10.1 Å². The molecule has 2 N–H and O–H groups in total. The number of fused-ring (bicyclic) bond motifs is 2. The van der Waals surface area contributed by atoms with Crippen molar-refractivity contribution in [3.05, 3.63) is 77.9 Å². The van der Waals surface area contributed by atoms with Crippen molar-refractivity contribution < 1.29 is 5.11 Å². The summed E-state index contributed by atoms with van der Waals surface area (Å²) in [5.74, 6) is 0. The maximum Gasteiger partial charge on any atom is 0.0733 e. The van der Waals surface area contributed by atoms with E-state index in [-0.39, 0.29) is 6.61 Å². The molecule has 1 heterocycles. The minimum Gasteiger partial charge on any atom is -0.392 e. The number of rotatable bonds is 3. The SMILES string of the molecule is Cc1cc2nc3ccccc3cc2c(Nc2ccccc2)c1CO. The zero-order chi connectivity index (χ0) is 16.5. The van der Waals surface area contributed by atoms with E-state index in [4.69, 9.17) is 4.98 Å². The largest absolute Gasteiger partial charge is 0.392 e. The van der Waals surface area contributed by atoms with Crippen molar-refractivity contribution in [1.29, 1.82) is 0 Å². The fraction of sp³-hybridized carbons (Fsp3) is 0.0952. The van der Waals surface area contributed by atoms with Gasteiger partial charge in [0.25, 0.3) is 0 Å². The van der Waals surface area contributed by atoms with Gasteiger partial charge >= 0.3 is 0 Å². The van der Waals surface area contributed by atoms with Gasteiger partial charge in [-0.25, -0.2) is 4.98 Å². The molecule has 0 bridgehead atoms. The zero-order valence-corrected chi connectivity index (χ0v) is 13.5. The van der Waals surface area contributed by atoms with E-state index in [1.807, 2.05) is 61.5 Å². The van der Waals surface area contributed by atoms with Gasteiger partial charge in [0.05, 0.1) is 23.3 Å². The minimum atomic E-state index is -0.0102. The maximum absolute atomic E-state index is 9.89. The lowest BCUT2D eigenvalue weighted by molar-refractivity contribution is 0.282. The average molecular weight is 314 g/mol. The fourth-order valence-electron chi connectivity index (χ4n) is 3.11. The van der Waals surface area contributed by atoms with E-state index >= 15 is 0 Å². The maximum atomic E-state index is 9.89. The van der Waals surface area contributed by atoms with Gasteiger partial charge in [0.15, 0.2) is 0 Å². The monoisotopic (exact) mass is 314 g/mol. The van der Waals surface area contributed by atoms with E-state index < -0.39 is 0 Å². The molecule has 0 aliphatic heterocycles. The van der Waals surface area contributed by atoms with E-state index in [2.05, 4.69) is 17.4 Å². The number of aryl methyl sites for hydroxylation is 1. The molecule has 3 nitrogen and oxygen atoms in total. The van der Waals surface area contributed by atoms with E-state index in [9.17, 15) is 5.11 Å². The molecule has 0 spiro atoms. The number of para-hydroxylation sites is 2. The van der Waals surface area contributed by atoms with Crippen LogP contribution in [-0.2, 0) is 6.61 Å². The summed E-state index contributed by atoms with van der Waals surface area (Å²) in [6.07, 6.45) is 0. The molecular weight excluding hydrogens is 296 g/mol. The van der Waals surface area contributed by atoms with Crippen LogP contribution < -0.4 is 5.32 Å². The molecule has 4 rings (SSSR count). The molecule has 0 saturated heterocycles. The van der Waals surface area contributed by atoms with E-state index in [0.717, 1.165) is 44.3 Å². The third kappa shape index (κ3) is 2.49. The summed E-state index contributed by atoms with van der Waals surface area (Å²) < 4.78 is 0. The van der Waals surface area contributed by atoms with Crippen LogP contribution in [0.25, 0.3) is 21.8 Å². The first-order chi connectivity index (χ1) is 11.8. The summed E-state index contributed by atoms with van der Waals surface area (Å²) in [5.41, 5.74) is 5.77. The molecule has 0 atom stereocenters. The quantitative estimate of drug-likeness (QED) is 0.527. The molecule has 0 fully saturated rings. The molecular formula is C21H18N2O. The second-order valence-electron chi connectivity index (χ2n) is 5.94. The van der Waals surface area contributed by atoms with Crippen LogP contribution >= 0.6 is 0 Å². The molecule has 0 saturated carbocycles. The Balaban J connectivity index is 2.01. The average Bonchev–Trinajstić information content (AvgIpc) is 2.61. The van der Waals surface area contributed by atoms with Gasteiger partial charge in [-0.15, -0.1) is 0 Å². The molecule has 0 amide bonds. The van der Waals surface area contributed by atoms with Gasteiger partial charge in [-0.1, -0.05) is 36.4 Å². The Hall–Kier alpha value is -2.91. The first-order valence-corrected chi connectivity index (χ1v) is 8.01. The molecule has 4 aromatic rings. The lowest BCUT2D eigenvalue weighted by Crippen LogP contribution is -2.01. The molecule has 24 heavy (non-hydrogen) atoms. The first-order valence-electron chi connectivity index (χ1n) is 8.01. The predicted molar refractivity (Wildman–Crippen MR) is 99.6 cm³/mol. The Kier molecular flexibility index (Phi) is 3.63. The number of aromatic nitrogens is 1. The molecule has 1 aromatic heterocycles. The molecule has 3 heteroatoms. The summed E-state index contributed by atoms with van der Waals surface area (Å²) in [6, 6.07) is 22.3. The fourth-order valence-corrected chi connectivity index (χ4v) is 3.11. The molecule has 0 unspecified atom stereocenters. The topological polar surface area (TPSA) is 45.2 Å². The van der Waals surface area contributed by atoms with Crippen molar-refractivity contribution in [2.45, 2.75) is 13.5 Å². The molecule has 0 aliphatic carbocycles. The third-order valence-electron chi connectivity index (χ3n) is 4.36. The minimum absolute atomic E-state index is 0.0102. The van der Waals surface area contributed by atoms with Crippen molar-refractivity contribution in [2.75, 3.05) is 5.32 Å². The summed E-state index contributed by atoms with van der Waals surface area (Å²) >= 11 is 0. The molecule has 0 aliphatic rings. The Morgan fingerprint density at radius 2 is 1.67 bits per heavy atom. The van der Waals surface area contributed by atoms with Gasteiger partial charge in [0, 0.05) is 22.0 Å². The van der Waals surface area contributed by atoms with Gasteiger partial charge in [0.1, 0.15) is 0 Å². The summed E-state index contributed by atoms with van der Waals surface area (Å²) in [5, 5.41) is 15.5. The Bertz CT molecular complexity index is 1030. The highest BCUT2D eigenvalue weighted by molar-refractivity contribution is 6.02. The van der Waals surface area contributed by atoms with Gasteiger partial charge in [0.2, 0.25) is 0 Å². The molecule has 0 radical (unpaired) electrons. The van der Waals surface area contributed by atoms with Gasteiger partial charge in [-0.05, 0) is 42.8 Å². The van der Waals surface area contributed by atoms with Crippen molar-refractivity contribution in [2.24, 2.45) is 0 Å². The number of aliphatic hydroxyl groups is 1. The summed E-state index contributed by atoms with van der Waals surface area (Å²) in [4.78, 5) is 4.79. The number of hydrogen-bond acceptors (Lipinski definition) is 3. The van der Waals surface area contributed by atoms with Crippen LogP contribution in [0.4, 0.5) is 11.4 Å². The standard InChI is InChI=1S/C21H18N2O/c1-14-11-20-17(12-15-7-5-6-10-19(15)23-20)21(18(14)13-24)22-16-8-3-2-4-9-16/h2-12,22,24H,13H2,1H3. The highest BCUT2D eigenvalue weighted by Crippen LogP contribution is 2.34. The number of benzene rings is 3. The van der Waals surface area contributed by atoms with Crippen LogP contribution in [0.5, 0.6) is 0 Å². The molecule has 118 valence electrons. The first kappa shape index (κ1) is 14.7. The van der Waals surface area contributed by atoms with E-state index in [1.54, 1.807) is 0 Å². The zero-order valence-electron chi connectivity index (χ0n) is 13.5. The van der Waals surface area contributed by atoms with Crippen LogP contribution in [0.15, 0.2) is 66.7 Å². The van der Waals surface area contributed by atoms with Crippen LogP contribution in [0, 0.1) is 6.92 Å². The van der Waals surface area contributed by atoms with Crippen molar-refractivity contribution in [3.8, 4) is 0 Å². The Labute approximate surface area is 140 Å². The Morgan fingerprint density at radius 3 is 2.46 bits per heavy atom. The van der Waals surface area contributed by atoms with Crippen molar-refractivity contribution in [3.63, 3.8) is 0 Å². The van der Waals surface area contributed by atoms with Gasteiger partial charge in [-0.2, -0.15) is 0 Å². The predicted octanol–water partition coefficient (Wildman–Crippen LogP) is 4.93. The normalized spacial score (nSPS) is 11.1. The highest BCUT2D eigenvalue weighted by Gasteiger charge is 2.13. The second-order valence-corrected chi connectivity index (χ2v) is 5.94. The lowest BCUT2D eigenvalue weighted by atomic mass is 10.0. The van der Waals surface area contributed by atoms with Crippen LogP contribution in [0.1, 0.15) is 11.1 Å². The van der Waals surface area contributed by atoms with Crippen LogP contribution in [0.3, 0.4) is 0 Å². The number of nitrogens with one attached hydrogen (secondary N) is 1. The summed E-state index contributed by atoms with van der Waals surface area (Å²) in [7, 11) is 0. The van der Waals surface area contributed by atoms with E-state index in [1.165, 1.54) is 0 Å². The Morgan fingerprint density at radius 1 is 0.917 bits per heavy atom. The third-order valence-corrected chi connectivity index (χ3v) is 4.36.